The first-order valence-electron chi connectivity index (χ1n) is 7.68. The van der Waals surface area contributed by atoms with Gasteiger partial charge in [0, 0.05) is 33.0 Å². The molecule has 0 bridgehead atoms. The number of aromatic nitrogens is 4. The Morgan fingerprint density at radius 1 is 1.48 bits per heavy atom. The number of amides is 1. The van der Waals surface area contributed by atoms with Gasteiger partial charge < -0.3 is 19.4 Å². The molecule has 0 atom stereocenters. The van der Waals surface area contributed by atoms with Gasteiger partial charge in [0.05, 0.1) is 36.8 Å². The Kier molecular flexibility index (Phi) is 5.04. The summed E-state index contributed by atoms with van der Waals surface area (Å²) in [5, 5.41) is 7.10. The van der Waals surface area contributed by atoms with Gasteiger partial charge in [-0.15, -0.1) is 0 Å². The summed E-state index contributed by atoms with van der Waals surface area (Å²) >= 11 is 0. The Hall–Kier alpha value is -2.19. The summed E-state index contributed by atoms with van der Waals surface area (Å²) in [6.07, 6.45) is 5.99. The Morgan fingerprint density at radius 2 is 2.39 bits per heavy atom. The molecule has 0 fully saturated rings. The maximum atomic E-state index is 12.2. The van der Waals surface area contributed by atoms with Crippen LogP contribution in [0.2, 0.25) is 0 Å². The topological polar surface area (TPSA) is 83.2 Å². The van der Waals surface area contributed by atoms with Crippen molar-refractivity contribution in [2.75, 3.05) is 20.3 Å². The Morgan fingerprint density at radius 3 is 3.26 bits per heavy atom. The molecule has 2 aromatic heterocycles. The molecule has 1 aliphatic rings. The molecule has 0 unspecified atom stereocenters. The second-order valence-corrected chi connectivity index (χ2v) is 5.39. The number of aryl methyl sites for hydroxylation is 1. The summed E-state index contributed by atoms with van der Waals surface area (Å²) in [7, 11) is 1.67. The molecule has 0 saturated carbocycles. The lowest BCUT2D eigenvalue weighted by atomic mass is 10.3. The number of carbonyl (C=O) groups excluding carboxylic acids is 1. The molecule has 124 valence electrons. The van der Waals surface area contributed by atoms with Gasteiger partial charge in [-0.3, -0.25) is 9.48 Å². The number of nitrogens with one attached hydrogen (secondary N) is 1. The highest BCUT2D eigenvalue weighted by molar-refractivity contribution is 5.93. The van der Waals surface area contributed by atoms with E-state index in [0.717, 1.165) is 31.0 Å². The van der Waals surface area contributed by atoms with Crippen LogP contribution in [0.3, 0.4) is 0 Å². The van der Waals surface area contributed by atoms with E-state index in [1.165, 1.54) is 0 Å². The molecule has 0 spiro atoms. The van der Waals surface area contributed by atoms with E-state index in [1.807, 2.05) is 0 Å². The van der Waals surface area contributed by atoms with Crippen LogP contribution in [-0.4, -0.2) is 45.6 Å². The molecule has 1 amide bonds. The van der Waals surface area contributed by atoms with Gasteiger partial charge >= 0.3 is 0 Å². The summed E-state index contributed by atoms with van der Waals surface area (Å²) in [6.45, 7) is 3.84. The van der Waals surface area contributed by atoms with Crippen molar-refractivity contribution in [1.29, 1.82) is 0 Å². The van der Waals surface area contributed by atoms with Crippen LogP contribution in [-0.2, 0) is 35.7 Å². The number of hydrogen-bond donors (Lipinski definition) is 1. The Bertz CT molecular complexity index is 664. The Labute approximate surface area is 134 Å². The average molecular weight is 319 g/mol. The van der Waals surface area contributed by atoms with E-state index in [1.54, 1.807) is 30.4 Å². The van der Waals surface area contributed by atoms with Crippen molar-refractivity contribution in [2.24, 2.45) is 0 Å². The molecule has 8 heteroatoms. The third kappa shape index (κ3) is 3.77. The van der Waals surface area contributed by atoms with Crippen LogP contribution in [0.5, 0.6) is 0 Å². The first-order valence-corrected chi connectivity index (χ1v) is 7.68. The van der Waals surface area contributed by atoms with Gasteiger partial charge in [0.2, 0.25) is 0 Å². The lowest BCUT2D eigenvalue weighted by Crippen LogP contribution is -2.26. The Balaban J connectivity index is 1.54. The molecular weight excluding hydrogens is 298 g/mol. The van der Waals surface area contributed by atoms with Crippen LogP contribution in [0.15, 0.2) is 18.6 Å². The van der Waals surface area contributed by atoms with Gasteiger partial charge in [0.15, 0.2) is 0 Å². The van der Waals surface area contributed by atoms with Crippen molar-refractivity contribution >= 4 is 5.91 Å². The van der Waals surface area contributed by atoms with Crippen LogP contribution in [0.25, 0.3) is 0 Å². The molecule has 1 N–H and O–H groups in total. The summed E-state index contributed by atoms with van der Waals surface area (Å²) in [5.74, 6) is 0.775. The molecule has 0 radical (unpaired) electrons. The summed E-state index contributed by atoms with van der Waals surface area (Å²) in [5.41, 5.74) is 1.55. The lowest BCUT2D eigenvalue weighted by molar-refractivity contribution is 0.0802. The molecule has 0 saturated heterocycles. The molecule has 23 heavy (non-hydrogen) atoms. The number of imidazole rings is 1. The minimum atomic E-state index is -0.134. The highest BCUT2D eigenvalue weighted by Crippen LogP contribution is 2.11. The van der Waals surface area contributed by atoms with Gasteiger partial charge in [0.1, 0.15) is 12.4 Å². The van der Waals surface area contributed by atoms with E-state index in [2.05, 4.69) is 20.0 Å². The zero-order chi connectivity index (χ0) is 16.1. The second-order valence-electron chi connectivity index (χ2n) is 5.39. The first-order chi connectivity index (χ1) is 11.3. The van der Waals surface area contributed by atoms with Crippen LogP contribution < -0.4 is 5.32 Å². The lowest BCUT2D eigenvalue weighted by Gasteiger charge is -2.17. The van der Waals surface area contributed by atoms with Gasteiger partial charge in [-0.2, -0.15) is 5.10 Å². The highest BCUT2D eigenvalue weighted by atomic mass is 16.5. The third-order valence-electron chi connectivity index (χ3n) is 3.77. The predicted molar refractivity (Wildman–Crippen MR) is 81.8 cm³/mol. The average Bonchev–Trinajstić information content (AvgIpc) is 3.20. The highest BCUT2D eigenvalue weighted by Gasteiger charge is 2.15. The zero-order valence-electron chi connectivity index (χ0n) is 13.2. The van der Waals surface area contributed by atoms with Crippen molar-refractivity contribution in [3.63, 3.8) is 0 Å². The summed E-state index contributed by atoms with van der Waals surface area (Å²) < 4.78 is 14.2. The van der Waals surface area contributed by atoms with Gasteiger partial charge in [-0.05, 0) is 6.42 Å². The van der Waals surface area contributed by atoms with Crippen molar-refractivity contribution in [3.8, 4) is 0 Å². The van der Waals surface area contributed by atoms with E-state index >= 15 is 0 Å². The fourth-order valence-electron chi connectivity index (χ4n) is 2.55. The van der Waals surface area contributed by atoms with Crippen molar-refractivity contribution in [2.45, 2.75) is 32.7 Å². The number of carbonyl (C=O) groups is 1. The van der Waals surface area contributed by atoms with E-state index in [-0.39, 0.29) is 5.91 Å². The predicted octanol–water partition coefficient (Wildman–Crippen LogP) is 0.576. The van der Waals surface area contributed by atoms with E-state index < -0.39 is 0 Å². The van der Waals surface area contributed by atoms with Crippen LogP contribution in [0.4, 0.5) is 0 Å². The molecule has 0 aromatic carbocycles. The maximum absolute atomic E-state index is 12.2. The van der Waals surface area contributed by atoms with Crippen LogP contribution in [0, 0.1) is 0 Å². The van der Waals surface area contributed by atoms with Crippen molar-refractivity contribution in [3.05, 3.63) is 35.7 Å². The smallest absolute Gasteiger partial charge is 0.254 e. The van der Waals surface area contributed by atoms with E-state index in [4.69, 9.17) is 9.47 Å². The molecule has 1 aliphatic heterocycles. The molecule has 3 heterocycles. The fraction of sp³-hybridized carbons (Fsp3) is 0.533. The van der Waals surface area contributed by atoms with Gasteiger partial charge in [-0.1, -0.05) is 0 Å². The minimum absolute atomic E-state index is 0.134. The fourth-order valence-corrected chi connectivity index (χ4v) is 2.55. The minimum Gasteiger partial charge on any atom is -0.385 e. The number of methoxy groups -OCH3 is 1. The molecule has 0 aliphatic carbocycles. The third-order valence-corrected chi connectivity index (χ3v) is 3.77. The number of ether oxygens (including phenoxy) is 2. The zero-order valence-corrected chi connectivity index (χ0v) is 13.2. The van der Waals surface area contributed by atoms with Gasteiger partial charge in [0.25, 0.3) is 5.91 Å². The summed E-state index contributed by atoms with van der Waals surface area (Å²) in [6, 6.07) is 0. The van der Waals surface area contributed by atoms with E-state index in [0.29, 0.717) is 31.9 Å². The number of hydrogen-bond acceptors (Lipinski definition) is 5. The standard InChI is InChI=1S/C15H21N5O3/c1-22-5-2-3-19-10-12(7-18-19)15(21)17-9-13-8-16-14-11-23-6-4-20(13)14/h7-8,10H,2-6,9,11H2,1H3,(H,17,21). The largest absolute Gasteiger partial charge is 0.385 e. The maximum Gasteiger partial charge on any atom is 0.254 e. The monoisotopic (exact) mass is 319 g/mol. The molecule has 8 nitrogen and oxygen atoms in total. The van der Waals surface area contributed by atoms with Crippen LogP contribution in [0.1, 0.15) is 28.3 Å². The van der Waals surface area contributed by atoms with E-state index in [9.17, 15) is 4.79 Å². The molecule has 3 rings (SSSR count). The van der Waals surface area contributed by atoms with Crippen molar-refractivity contribution in [1.82, 2.24) is 24.6 Å². The second kappa shape index (κ2) is 7.38. The normalized spacial score (nSPS) is 13.8. The SMILES string of the molecule is COCCCn1cc(C(=O)NCc2cnc3n2CCOC3)cn1. The van der Waals surface area contributed by atoms with Gasteiger partial charge in [-0.25, -0.2) is 4.98 Å². The summed E-state index contributed by atoms with van der Waals surface area (Å²) in [4.78, 5) is 16.5. The number of fused-ring (bicyclic) bond motifs is 1. The van der Waals surface area contributed by atoms with Crippen LogP contribution >= 0.6 is 0 Å². The molecule has 2 aromatic rings. The molecular formula is C15H21N5O3. The number of rotatable bonds is 7. The first kappa shape index (κ1) is 15.7. The number of nitrogens with zero attached hydrogens (tertiary/aromatic N) is 4. The van der Waals surface area contributed by atoms with Crippen molar-refractivity contribution < 1.29 is 14.3 Å². The quantitative estimate of drug-likeness (QED) is 0.755.